The number of hydrogen-bond donors (Lipinski definition) is 2. The van der Waals surface area contributed by atoms with Gasteiger partial charge in [-0.1, -0.05) is 12.1 Å². The first kappa shape index (κ1) is 14.5. The van der Waals surface area contributed by atoms with Crippen LogP contribution in [0.25, 0.3) is 0 Å². The standard InChI is InChI=1S/C11H18N2O2S2/c1-9(12-2)8-13-17(14,15)11-7-5-4-6-10(11)16-3/h4-7,9,12-13H,8H2,1-3H3. The highest BCUT2D eigenvalue weighted by molar-refractivity contribution is 7.99. The number of benzene rings is 1. The second-order valence-electron chi connectivity index (χ2n) is 3.69. The summed E-state index contributed by atoms with van der Waals surface area (Å²) in [4.78, 5) is 1.10. The maximum absolute atomic E-state index is 12.1. The molecule has 0 bridgehead atoms. The zero-order valence-electron chi connectivity index (χ0n) is 10.2. The molecule has 1 rings (SSSR count). The molecule has 1 aromatic rings. The number of thioether (sulfide) groups is 1. The molecule has 0 saturated heterocycles. The molecule has 0 spiro atoms. The van der Waals surface area contributed by atoms with E-state index < -0.39 is 10.0 Å². The van der Waals surface area contributed by atoms with Gasteiger partial charge < -0.3 is 5.32 Å². The molecule has 0 fully saturated rings. The van der Waals surface area contributed by atoms with Crippen LogP contribution in [-0.4, -0.2) is 34.3 Å². The van der Waals surface area contributed by atoms with E-state index in [9.17, 15) is 8.42 Å². The van der Waals surface area contributed by atoms with Gasteiger partial charge in [-0.05, 0) is 32.4 Å². The predicted molar refractivity (Wildman–Crippen MR) is 71.9 cm³/mol. The summed E-state index contributed by atoms with van der Waals surface area (Å²) in [5.41, 5.74) is 0. The first-order valence-corrected chi connectivity index (χ1v) is 8.02. The van der Waals surface area contributed by atoms with Crippen LogP contribution in [0, 0.1) is 0 Å². The molecule has 1 atom stereocenters. The van der Waals surface area contributed by atoms with E-state index >= 15 is 0 Å². The molecule has 6 heteroatoms. The van der Waals surface area contributed by atoms with Crippen molar-refractivity contribution in [1.29, 1.82) is 0 Å². The van der Waals surface area contributed by atoms with Crippen molar-refractivity contribution in [3.63, 3.8) is 0 Å². The summed E-state index contributed by atoms with van der Waals surface area (Å²) in [6.07, 6.45) is 1.87. The molecule has 0 aliphatic carbocycles. The minimum absolute atomic E-state index is 0.103. The molecule has 4 nitrogen and oxygen atoms in total. The lowest BCUT2D eigenvalue weighted by Gasteiger charge is -2.13. The highest BCUT2D eigenvalue weighted by Gasteiger charge is 2.17. The van der Waals surface area contributed by atoms with Crippen molar-refractivity contribution in [3.05, 3.63) is 24.3 Å². The summed E-state index contributed by atoms with van der Waals surface area (Å²) in [5, 5.41) is 2.99. The second kappa shape index (κ2) is 6.39. The summed E-state index contributed by atoms with van der Waals surface area (Å²) < 4.78 is 26.8. The summed E-state index contributed by atoms with van der Waals surface area (Å²) in [6, 6.07) is 7.10. The van der Waals surface area contributed by atoms with Gasteiger partial charge in [0.2, 0.25) is 10.0 Å². The summed E-state index contributed by atoms with van der Waals surface area (Å²) in [6.45, 7) is 2.30. The van der Waals surface area contributed by atoms with Crippen molar-refractivity contribution in [2.45, 2.75) is 22.8 Å². The third-order valence-electron chi connectivity index (χ3n) is 2.43. The average molecular weight is 274 g/mol. The van der Waals surface area contributed by atoms with Crippen molar-refractivity contribution < 1.29 is 8.42 Å². The largest absolute Gasteiger partial charge is 0.316 e. The van der Waals surface area contributed by atoms with E-state index in [1.807, 2.05) is 19.2 Å². The quantitative estimate of drug-likeness (QED) is 0.768. The van der Waals surface area contributed by atoms with Crippen molar-refractivity contribution in [2.75, 3.05) is 19.8 Å². The Morgan fingerprint density at radius 2 is 2.00 bits per heavy atom. The smallest absolute Gasteiger partial charge is 0.241 e. The van der Waals surface area contributed by atoms with Gasteiger partial charge in [-0.2, -0.15) is 0 Å². The lowest BCUT2D eigenvalue weighted by Crippen LogP contribution is -2.37. The summed E-state index contributed by atoms with van der Waals surface area (Å²) in [5.74, 6) is 0. The molecular weight excluding hydrogens is 256 g/mol. The van der Waals surface area contributed by atoms with E-state index in [0.717, 1.165) is 4.90 Å². The van der Waals surface area contributed by atoms with Gasteiger partial charge in [0.05, 0.1) is 4.90 Å². The van der Waals surface area contributed by atoms with Crippen molar-refractivity contribution in [1.82, 2.24) is 10.0 Å². The molecule has 0 saturated carbocycles. The van der Waals surface area contributed by atoms with Crippen molar-refractivity contribution >= 4 is 21.8 Å². The zero-order chi connectivity index (χ0) is 12.9. The molecule has 96 valence electrons. The van der Waals surface area contributed by atoms with Gasteiger partial charge in [0, 0.05) is 17.5 Å². The summed E-state index contributed by atoms with van der Waals surface area (Å²) >= 11 is 1.43. The van der Waals surface area contributed by atoms with Gasteiger partial charge in [0.1, 0.15) is 0 Å². The van der Waals surface area contributed by atoms with Crippen LogP contribution in [-0.2, 0) is 10.0 Å². The zero-order valence-corrected chi connectivity index (χ0v) is 11.9. The Labute approximate surface area is 107 Å². The second-order valence-corrected chi connectivity index (χ2v) is 6.28. The minimum Gasteiger partial charge on any atom is -0.316 e. The fraction of sp³-hybridized carbons (Fsp3) is 0.455. The minimum atomic E-state index is -3.42. The molecule has 0 radical (unpaired) electrons. The van der Waals surface area contributed by atoms with Gasteiger partial charge in [-0.15, -0.1) is 11.8 Å². The highest BCUT2D eigenvalue weighted by Crippen LogP contribution is 2.23. The van der Waals surface area contributed by atoms with Gasteiger partial charge in [-0.3, -0.25) is 0 Å². The molecule has 17 heavy (non-hydrogen) atoms. The van der Waals surface area contributed by atoms with E-state index in [1.54, 1.807) is 25.2 Å². The first-order chi connectivity index (χ1) is 8.01. The van der Waals surface area contributed by atoms with E-state index in [0.29, 0.717) is 11.4 Å². The number of likely N-dealkylation sites (N-methyl/N-ethyl adjacent to an activating group) is 1. The Kier molecular flexibility index (Phi) is 5.45. The first-order valence-electron chi connectivity index (χ1n) is 5.31. The van der Waals surface area contributed by atoms with Gasteiger partial charge in [0.15, 0.2) is 0 Å². The van der Waals surface area contributed by atoms with Crippen molar-refractivity contribution in [3.8, 4) is 0 Å². The van der Waals surface area contributed by atoms with E-state index in [-0.39, 0.29) is 6.04 Å². The Balaban J connectivity index is 2.89. The van der Waals surface area contributed by atoms with Gasteiger partial charge in [0.25, 0.3) is 0 Å². The topological polar surface area (TPSA) is 58.2 Å². The Bertz CT molecular complexity index is 460. The molecule has 0 aliphatic heterocycles. The Morgan fingerprint density at radius 1 is 1.35 bits per heavy atom. The van der Waals surface area contributed by atoms with Crippen LogP contribution in [0.5, 0.6) is 0 Å². The molecule has 0 aliphatic rings. The SMILES string of the molecule is CNC(C)CNS(=O)(=O)c1ccccc1SC. The number of sulfonamides is 1. The molecule has 1 aromatic carbocycles. The lowest BCUT2D eigenvalue weighted by molar-refractivity contribution is 0.553. The number of rotatable bonds is 6. The van der Waals surface area contributed by atoms with Crippen LogP contribution >= 0.6 is 11.8 Å². The third kappa shape index (κ3) is 3.99. The fourth-order valence-corrected chi connectivity index (χ4v) is 3.53. The van der Waals surface area contributed by atoms with Crippen LogP contribution in [0.1, 0.15) is 6.92 Å². The van der Waals surface area contributed by atoms with Gasteiger partial charge in [-0.25, -0.2) is 13.1 Å². The van der Waals surface area contributed by atoms with Gasteiger partial charge >= 0.3 is 0 Å². The van der Waals surface area contributed by atoms with Crippen LogP contribution in [0.3, 0.4) is 0 Å². The number of hydrogen-bond acceptors (Lipinski definition) is 4. The van der Waals surface area contributed by atoms with Crippen LogP contribution in [0.4, 0.5) is 0 Å². The molecular formula is C11H18N2O2S2. The monoisotopic (exact) mass is 274 g/mol. The maximum Gasteiger partial charge on any atom is 0.241 e. The number of nitrogens with one attached hydrogen (secondary N) is 2. The van der Waals surface area contributed by atoms with Crippen molar-refractivity contribution in [2.24, 2.45) is 0 Å². The maximum atomic E-state index is 12.1. The van der Waals surface area contributed by atoms with E-state index in [1.165, 1.54) is 11.8 Å². The Hall–Kier alpha value is -0.560. The van der Waals surface area contributed by atoms with Crippen LogP contribution in [0.15, 0.2) is 34.1 Å². The highest BCUT2D eigenvalue weighted by atomic mass is 32.2. The molecule has 0 amide bonds. The van der Waals surface area contributed by atoms with Crippen LogP contribution in [0.2, 0.25) is 0 Å². The van der Waals surface area contributed by atoms with E-state index in [2.05, 4.69) is 10.0 Å². The normalized spacial score (nSPS) is 13.6. The molecule has 1 unspecified atom stereocenters. The molecule has 2 N–H and O–H groups in total. The van der Waals surface area contributed by atoms with E-state index in [4.69, 9.17) is 0 Å². The fourth-order valence-electron chi connectivity index (χ4n) is 1.26. The molecule has 0 heterocycles. The Morgan fingerprint density at radius 3 is 2.59 bits per heavy atom. The predicted octanol–water partition coefficient (Wildman–Crippen LogP) is 1.29. The average Bonchev–Trinajstić information content (AvgIpc) is 2.35. The summed E-state index contributed by atoms with van der Waals surface area (Å²) in [7, 11) is -1.62. The lowest BCUT2D eigenvalue weighted by atomic mass is 10.4. The van der Waals surface area contributed by atoms with Crippen LogP contribution < -0.4 is 10.0 Å². The third-order valence-corrected chi connectivity index (χ3v) is 4.84. The molecule has 0 aromatic heterocycles.